The molecule has 2 aromatic rings. The lowest BCUT2D eigenvalue weighted by molar-refractivity contribution is -0.116. The topological polar surface area (TPSA) is 83.6 Å². The highest BCUT2D eigenvalue weighted by Crippen LogP contribution is 2.29. The van der Waals surface area contributed by atoms with Gasteiger partial charge in [-0.2, -0.15) is 4.31 Å². The summed E-state index contributed by atoms with van der Waals surface area (Å²) < 4.78 is 26.4. The van der Waals surface area contributed by atoms with Crippen LogP contribution in [-0.4, -0.2) is 38.0 Å². The molecule has 0 unspecified atom stereocenters. The van der Waals surface area contributed by atoms with E-state index in [4.69, 9.17) is 0 Å². The lowest BCUT2D eigenvalue weighted by Gasteiger charge is -2.23. The third-order valence-electron chi connectivity index (χ3n) is 4.34. The number of para-hydroxylation sites is 1. The van der Waals surface area contributed by atoms with Crippen molar-refractivity contribution in [3.05, 3.63) is 59.7 Å². The van der Waals surface area contributed by atoms with Gasteiger partial charge in [0.2, 0.25) is 15.9 Å². The lowest BCUT2D eigenvalue weighted by Crippen LogP contribution is -2.35. The molecule has 0 aliphatic heterocycles. The van der Waals surface area contributed by atoms with E-state index < -0.39 is 15.9 Å². The number of benzene rings is 2. The third-order valence-corrected chi connectivity index (χ3v) is 6.16. The van der Waals surface area contributed by atoms with Gasteiger partial charge < -0.3 is 5.32 Å². The number of nitrogens with one attached hydrogen (secondary N) is 1. The minimum atomic E-state index is -3.85. The van der Waals surface area contributed by atoms with Crippen molar-refractivity contribution in [3.63, 3.8) is 0 Å². The summed E-state index contributed by atoms with van der Waals surface area (Å²) in [6.45, 7) is 7.21. The van der Waals surface area contributed by atoms with Gasteiger partial charge in [0.25, 0.3) is 0 Å². The SMILES string of the molecule is CC(=O)c1ccc(S(=O)(=O)N(C)CC(=O)Nc2ccccc2C(C)(C)C)cc1. The van der Waals surface area contributed by atoms with E-state index in [1.165, 1.54) is 38.2 Å². The predicted octanol–water partition coefficient (Wildman–Crippen LogP) is 3.45. The number of rotatable bonds is 6. The van der Waals surface area contributed by atoms with Gasteiger partial charge in [0, 0.05) is 18.3 Å². The van der Waals surface area contributed by atoms with Gasteiger partial charge in [-0.15, -0.1) is 0 Å². The summed E-state index contributed by atoms with van der Waals surface area (Å²) in [6.07, 6.45) is 0. The Balaban J connectivity index is 2.15. The van der Waals surface area contributed by atoms with Crippen molar-refractivity contribution < 1.29 is 18.0 Å². The molecule has 0 aliphatic rings. The molecule has 0 saturated heterocycles. The molecule has 6 nitrogen and oxygen atoms in total. The summed E-state index contributed by atoms with van der Waals surface area (Å²) >= 11 is 0. The van der Waals surface area contributed by atoms with E-state index in [9.17, 15) is 18.0 Å². The average Bonchev–Trinajstić information content (AvgIpc) is 2.61. The van der Waals surface area contributed by atoms with Crippen molar-refractivity contribution in [2.45, 2.75) is 38.0 Å². The molecular weight excluding hydrogens is 376 g/mol. The van der Waals surface area contributed by atoms with Crippen LogP contribution in [0.4, 0.5) is 5.69 Å². The molecule has 0 aliphatic carbocycles. The normalized spacial score (nSPS) is 12.1. The first-order valence-electron chi connectivity index (χ1n) is 8.89. The van der Waals surface area contributed by atoms with Crippen molar-refractivity contribution >= 4 is 27.4 Å². The molecule has 2 rings (SSSR count). The van der Waals surface area contributed by atoms with E-state index >= 15 is 0 Å². The summed E-state index contributed by atoms with van der Waals surface area (Å²) in [5.41, 5.74) is 1.89. The van der Waals surface area contributed by atoms with Crippen LogP contribution in [0, 0.1) is 0 Å². The van der Waals surface area contributed by atoms with Crippen LogP contribution < -0.4 is 5.32 Å². The highest BCUT2D eigenvalue weighted by Gasteiger charge is 2.24. The fraction of sp³-hybridized carbons (Fsp3) is 0.333. The van der Waals surface area contributed by atoms with Gasteiger partial charge in [-0.3, -0.25) is 9.59 Å². The number of likely N-dealkylation sites (N-methyl/N-ethyl adjacent to an activating group) is 1. The number of amides is 1. The molecule has 0 spiro atoms. The van der Waals surface area contributed by atoms with Gasteiger partial charge in [-0.05, 0) is 36.1 Å². The maximum absolute atomic E-state index is 12.7. The quantitative estimate of drug-likeness (QED) is 0.750. The number of anilines is 1. The molecule has 0 heterocycles. The molecule has 1 N–H and O–H groups in total. The molecule has 0 radical (unpaired) electrons. The third kappa shape index (κ3) is 5.05. The van der Waals surface area contributed by atoms with E-state index in [0.29, 0.717) is 11.3 Å². The van der Waals surface area contributed by atoms with Crippen molar-refractivity contribution in [2.24, 2.45) is 0 Å². The zero-order valence-electron chi connectivity index (χ0n) is 16.8. The van der Waals surface area contributed by atoms with E-state index in [1.807, 2.05) is 39.0 Å². The molecule has 1 amide bonds. The Morgan fingerprint density at radius 1 is 1.00 bits per heavy atom. The molecule has 0 atom stereocenters. The van der Waals surface area contributed by atoms with Crippen molar-refractivity contribution in [3.8, 4) is 0 Å². The second kappa shape index (κ2) is 8.24. The monoisotopic (exact) mass is 402 g/mol. The van der Waals surface area contributed by atoms with Crippen LogP contribution in [-0.2, 0) is 20.2 Å². The number of Topliss-reactive ketones (excluding diaryl/α,β-unsaturated/α-hetero) is 1. The van der Waals surface area contributed by atoms with Crippen molar-refractivity contribution in [1.29, 1.82) is 0 Å². The zero-order chi connectivity index (χ0) is 21.1. The van der Waals surface area contributed by atoms with E-state index in [2.05, 4.69) is 5.32 Å². The number of hydrogen-bond donors (Lipinski definition) is 1. The number of carbonyl (C=O) groups is 2. The minimum absolute atomic E-state index is 0.0305. The predicted molar refractivity (Wildman–Crippen MR) is 110 cm³/mol. The number of ketones is 1. The summed E-state index contributed by atoms with van der Waals surface area (Å²) in [6, 6.07) is 13.1. The van der Waals surface area contributed by atoms with Crippen LogP contribution in [0.15, 0.2) is 53.4 Å². The number of nitrogens with zero attached hydrogens (tertiary/aromatic N) is 1. The van der Waals surface area contributed by atoms with Crippen molar-refractivity contribution in [2.75, 3.05) is 18.9 Å². The standard InChI is InChI=1S/C21H26N2O4S/c1-15(24)16-10-12-17(13-11-16)28(26,27)23(5)14-20(25)22-19-9-7-6-8-18(19)21(2,3)4/h6-13H,14H2,1-5H3,(H,22,25). The molecule has 28 heavy (non-hydrogen) atoms. The number of sulfonamides is 1. The molecule has 150 valence electrons. The second-order valence-corrected chi connectivity index (χ2v) is 9.73. The molecule has 0 bridgehead atoms. The molecule has 2 aromatic carbocycles. The van der Waals surface area contributed by atoms with Gasteiger partial charge >= 0.3 is 0 Å². The van der Waals surface area contributed by atoms with Crippen LogP contribution in [0.1, 0.15) is 43.6 Å². The maximum atomic E-state index is 12.7. The van der Waals surface area contributed by atoms with E-state index in [1.54, 1.807) is 6.07 Å². The average molecular weight is 403 g/mol. The Morgan fingerprint density at radius 3 is 2.11 bits per heavy atom. The fourth-order valence-electron chi connectivity index (χ4n) is 2.76. The van der Waals surface area contributed by atoms with Crippen LogP contribution in [0.25, 0.3) is 0 Å². The molecule has 0 aromatic heterocycles. The van der Waals surface area contributed by atoms with Gasteiger partial charge in [0.1, 0.15) is 0 Å². The first-order valence-corrected chi connectivity index (χ1v) is 10.3. The van der Waals surface area contributed by atoms with E-state index in [0.717, 1.165) is 9.87 Å². The Kier molecular flexibility index (Phi) is 6.41. The summed E-state index contributed by atoms with van der Waals surface area (Å²) in [5, 5.41) is 2.81. The highest BCUT2D eigenvalue weighted by molar-refractivity contribution is 7.89. The number of carbonyl (C=O) groups excluding carboxylic acids is 2. The smallest absolute Gasteiger partial charge is 0.243 e. The Hall–Kier alpha value is -2.51. The van der Waals surface area contributed by atoms with Crippen LogP contribution in [0.3, 0.4) is 0 Å². The van der Waals surface area contributed by atoms with Crippen LogP contribution in [0.5, 0.6) is 0 Å². The summed E-state index contributed by atoms with van der Waals surface area (Å²) in [4.78, 5) is 23.8. The largest absolute Gasteiger partial charge is 0.325 e. The first-order chi connectivity index (χ1) is 12.9. The van der Waals surface area contributed by atoms with Gasteiger partial charge in [0.15, 0.2) is 5.78 Å². The van der Waals surface area contributed by atoms with Gasteiger partial charge in [-0.25, -0.2) is 8.42 Å². The molecule has 7 heteroatoms. The number of hydrogen-bond acceptors (Lipinski definition) is 4. The van der Waals surface area contributed by atoms with Crippen LogP contribution >= 0.6 is 0 Å². The summed E-state index contributed by atoms with van der Waals surface area (Å²) in [7, 11) is -2.50. The van der Waals surface area contributed by atoms with Crippen LogP contribution in [0.2, 0.25) is 0 Å². The van der Waals surface area contributed by atoms with Gasteiger partial charge in [0.05, 0.1) is 11.4 Å². The Labute approximate surface area is 166 Å². The lowest BCUT2D eigenvalue weighted by atomic mass is 9.86. The molecule has 0 fully saturated rings. The first kappa shape index (κ1) is 21.8. The highest BCUT2D eigenvalue weighted by atomic mass is 32.2. The Morgan fingerprint density at radius 2 is 1.57 bits per heavy atom. The molecular formula is C21H26N2O4S. The summed E-state index contributed by atoms with van der Waals surface area (Å²) in [5.74, 6) is -0.572. The Bertz CT molecular complexity index is 974. The van der Waals surface area contributed by atoms with Crippen molar-refractivity contribution in [1.82, 2.24) is 4.31 Å². The molecule has 0 saturated carbocycles. The maximum Gasteiger partial charge on any atom is 0.243 e. The zero-order valence-corrected chi connectivity index (χ0v) is 17.6. The minimum Gasteiger partial charge on any atom is -0.325 e. The second-order valence-electron chi connectivity index (χ2n) is 7.69. The van der Waals surface area contributed by atoms with E-state index in [-0.39, 0.29) is 22.6 Å². The van der Waals surface area contributed by atoms with Gasteiger partial charge in [-0.1, -0.05) is 51.1 Å². The fourth-order valence-corrected chi connectivity index (χ4v) is 3.89.